The van der Waals surface area contributed by atoms with Gasteiger partial charge in [-0.2, -0.15) is 8.42 Å². The fraction of sp³-hybridized carbons (Fsp3) is 0.278. The number of amides is 1. The second-order valence-corrected chi connectivity index (χ2v) is 7.90. The van der Waals surface area contributed by atoms with E-state index in [1.807, 2.05) is 30.3 Å². The van der Waals surface area contributed by atoms with Crippen molar-refractivity contribution in [2.75, 3.05) is 18.1 Å². The SMILES string of the molecule is CS(=O)(=O)Oc1ccc([C@@H](O)CN(Cc2ccccc2)C(=O)CBr)cc1. The Morgan fingerprint density at radius 2 is 1.77 bits per heavy atom. The summed E-state index contributed by atoms with van der Waals surface area (Å²) in [5.74, 6) is 0.0334. The lowest BCUT2D eigenvalue weighted by molar-refractivity contribution is -0.130. The number of hydrogen-bond donors (Lipinski definition) is 1. The van der Waals surface area contributed by atoms with Crippen LogP contribution in [0.4, 0.5) is 0 Å². The minimum Gasteiger partial charge on any atom is -0.387 e. The van der Waals surface area contributed by atoms with Crippen LogP contribution in [0.15, 0.2) is 54.6 Å². The standard InChI is InChI=1S/C18H20BrNO5S/c1-26(23,24)25-16-9-7-15(8-10-16)17(21)13-20(18(22)11-19)12-14-5-3-2-4-6-14/h2-10,17,21H,11-13H2,1H3/t17-/m0/s1. The number of hydrogen-bond acceptors (Lipinski definition) is 5. The lowest BCUT2D eigenvalue weighted by Crippen LogP contribution is -2.35. The monoisotopic (exact) mass is 441 g/mol. The molecular formula is C18H20BrNO5S. The topological polar surface area (TPSA) is 83.9 Å². The number of halogens is 1. The zero-order valence-corrected chi connectivity index (χ0v) is 16.6. The molecule has 140 valence electrons. The Morgan fingerprint density at radius 1 is 1.15 bits per heavy atom. The number of aliphatic hydroxyl groups excluding tert-OH is 1. The lowest BCUT2D eigenvalue weighted by atomic mass is 10.1. The quantitative estimate of drug-likeness (QED) is 0.502. The van der Waals surface area contributed by atoms with Crippen LogP contribution in [-0.4, -0.2) is 42.5 Å². The lowest BCUT2D eigenvalue weighted by Gasteiger charge is -2.25. The first-order valence-electron chi connectivity index (χ1n) is 7.83. The van der Waals surface area contributed by atoms with Gasteiger partial charge in [-0.15, -0.1) is 0 Å². The second kappa shape index (κ2) is 9.16. The Morgan fingerprint density at radius 3 is 2.31 bits per heavy atom. The van der Waals surface area contributed by atoms with E-state index in [2.05, 4.69) is 15.9 Å². The maximum Gasteiger partial charge on any atom is 0.306 e. The third-order valence-electron chi connectivity index (χ3n) is 3.59. The van der Waals surface area contributed by atoms with Crippen LogP contribution in [0.5, 0.6) is 5.75 Å². The molecule has 8 heteroatoms. The smallest absolute Gasteiger partial charge is 0.306 e. The van der Waals surface area contributed by atoms with Crippen molar-refractivity contribution < 1.29 is 22.5 Å². The zero-order valence-electron chi connectivity index (χ0n) is 14.2. The van der Waals surface area contributed by atoms with Crippen molar-refractivity contribution in [2.45, 2.75) is 12.6 Å². The molecule has 0 fully saturated rings. The molecule has 0 saturated heterocycles. The molecule has 1 N–H and O–H groups in total. The number of alkyl halides is 1. The van der Waals surface area contributed by atoms with Gasteiger partial charge in [-0.05, 0) is 23.3 Å². The first-order chi connectivity index (χ1) is 12.3. The Balaban J connectivity index is 2.08. The van der Waals surface area contributed by atoms with Crippen LogP contribution in [0.1, 0.15) is 17.2 Å². The molecule has 0 spiro atoms. The molecule has 1 amide bonds. The van der Waals surface area contributed by atoms with Gasteiger partial charge in [-0.25, -0.2) is 0 Å². The van der Waals surface area contributed by atoms with E-state index < -0.39 is 16.2 Å². The third kappa shape index (κ3) is 6.44. The molecule has 2 rings (SSSR count). The molecule has 0 aliphatic heterocycles. The molecule has 6 nitrogen and oxygen atoms in total. The number of carbonyl (C=O) groups is 1. The molecule has 0 aliphatic carbocycles. The zero-order chi connectivity index (χ0) is 19.2. The first kappa shape index (κ1) is 20.4. The molecule has 0 aliphatic rings. The molecule has 0 heterocycles. The largest absolute Gasteiger partial charge is 0.387 e. The number of carbonyl (C=O) groups excluding carboxylic acids is 1. The van der Waals surface area contributed by atoms with Gasteiger partial charge < -0.3 is 14.2 Å². The van der Waals surface area contributed by atoms with E-state index in [9.17, 15) is 18.3 Å². The third-order valence-corrected chi connectivity index (χ3v) is 4.56. The summed E-state index contributed by atoms with van der Waals surface area (Å²) < 4.78 is 27.0. The predicted molar refractivity (Wildman–Crippen MR) is 103 cm³/mol. The van der Waals surface area contributed by atoms with Crippen molar-refractivity contribution in [3.05, 3.63) is 65.7 Å². The molecule has 0 aromatic heterocycles. The van der Waals surface area contributed by atoms with Crippen LogP contribution >= 0.6 is 15.9 Å². The van der Waals surface area contributed by atoms with Gasteiger partial charge in [-0.1, -0.05) is 58.4 Å². The van der Waals surface area contributed by atoms with Gasteiger partial charge in [0, 0.05) is 6.54 Å². The minimum atomic E-state index is -3.60. The van der Waals surface area contributed by atoms with Crippen LogP contribution < -0.4 is 4.18 Å². The molecule has 0 saturated carbocycles. The maximum absolute atomic E-state index is 12.2. The molecule has 26 heavy (non-hydrogen) atoms. The van der Waals surface area contributed by atoms with Crippen molar-refractivity contribution >= 4 is 32.0 Å². The van der Waals surface area contributed by atoms with Crippen LogP contribution in [-0.2, 0) is 21.5 Å². The summed E-state index contributed by atoms with van der Waals surface area (Å²) in [6.07, 6.45) is 0.0531. The molecule has 2 aromatic carbocycles. The number of benzene rings is 2. The summed E-state index contributed by atoms with van der Waals surface area (Å²) in [6.45, 7) is 0.503. The highest BCUT2D eigenvalue weighted by molar-refractivity contribution is 9.09. The molecule has 0 radical (unpaired) electrons. The first-order valence-corrected chi connectivity index (χ1v) is 10.8. The van der Waals surface area contributed by atoms with E-state index in [0.29, 0.717) is 12.1 Å². The molecule has 2 aromatic rings. The summed E-state index contributed by atoms with van der Waals surface area (Å²) in [5.41, 5.74) is 1.53. The average molecular weight is 442 g/mol. The average Bonchev–Trinajstić information content (AvgIpc) is 2.60. The van der Waals surface area contributed by atoms with Gasteiger partial charge in [0.25, 0.3) is 0 Å². The second-order valence-electron chi connectivity index (χ2n) is 5.77. The van der Waals surface area contributed by atoms with E-state index in [0.717, 1.165) is 11.8 Å². The van der Waals surface area contributed by atoms with Crippen molar-refractivity contribution in [1.82, 2.24) is 4.90 Å². The van der Waals surface area contributed by atoms with Crippen molar-refractivity contribution in [3.8, 4) is 5.75 Å². The van der Waals surface area contributed by atoms with Gasteiger partial charge in [0.1, 0.15) is 5.75 Å². The Labute approximate surface area is 161 Å². The maximum atomic E-state index is 12.2. The Hall–Kier alpha value is -1.90. The van der Waals surface area contributed by atoms with E-state index >= 15 is 0 Å². The summed E-state index contributed by atoms with van der Waals surface area (Å²) >= 11 is 3.17. The van der Waals surface area contributed by atoms with E-state index in [1.54, 1.807) is 17.0 Å². The molecule has 0 unspecified atom stereocenters. The highest BCUT2D eigenvalue weighted by Gasteiger charge is 2.18. The highest BCUT2D eigenvalue weighted by atomic mass is 79.9. The van der Waals surface area contributed by atoms with Crippen LogP contribution in [0.2, 0.25) is 0 Å². The van der Waals surface area contributed by atoms with Crippen LogP contribution in [0.25, 0.3) is 0 Å². The van der Waals surface area contributed by atoms with Gasteiger partial charge in [0.2, 0.25) is 5.91 Å². The van der Waals surface area contributed by atoms with Gasteiger partial charge in [-0.3, -0.25) is 4.79 Å². The summed E-state index contributed by atoms with van der Waals surface area (Å²) in [7, 11) is -3.60. The number of nitrogens with zero attached hydrogens (tertiary/aromatic N) is 1. The molecule has 1 atom stereocenters. The Kier molecular flexibility index (Phi) is 7.19. The van der Waals surface area contributed by atoms with Gasteiger partial charge >= 0.3 is 10.1 Å². The van der Waals surface area contributed by atoms with Crippen molar-refractivity contribution in [2.24, 2.45) is 0 Å². The fourth-order valence-corrected chi connectivity index (χ4v) is 3.19. The van der Waals surface area contributed by atoms with Crippen LogP contribution in [0.3, 0.4) is 0 Å². The summed E-state index contributed by atoms with van der Waals surface area (Å²) in [4.78, 5) is 13.7. The predicted octanol–water partition coefficient (Wildman–Crippen LogP) is 2.48. The van der Waals surface area contributed by atoms with Gasteiger partial charge in [0.15, 0.2) is 0 Å². The summed E-state index contributed by atoms with van der Waals surface area (Å²) in [6, 6.07) is 15.6. The molecule has 0 bridgehead atoms. The minimum absolute atomic E-state index is 0.117. The fourth-order valence-electron chi connectivity index (χ4n) is 2.38. The Bertz CT molecular complexity index is 824. The van der Waals surface area contributed by atoms with E-state index in [1.165, 1.54) is 12.1 Å². The van der Waals surface area contributed by atoms with E-state index in [-0.39, 0.29) is 23.5 Å². The number of rotatable bonds is 8. The van der Waals surface area contributed by atoms with Crippen LogP contribution in [0, 0.1) is 0 Å². The highest BCUT2D eigenvalue weighted by Crippen LogP contribution is 2.20. The van der Waals surface area contributed by atoms with Crippen molar-refractivity contribution in [3.63, 3.8) is 0 Å². The molecular weight excluding hydrogens is 422 g/mol. The normalized spacial score (nSPS) is 12.4. The summed E-state index contributed by atoms with van der Waals surface area (Å²) in [5, 5.41) is 10.6. The number of aliphatic hydroxyl groups is 1. The van der Waals surface area contributed by atoms with Crippen molar-refractivity contribution in [1.29, 1.82) is 0 Å². The van der Waals surface area contributed by atoms with E-state index in [4.69, 9.17) is 4.18 Å². The van der Waals surface area contributed by atoms with Gasteiger partial charge in [0.05, 0.1) is 24.2 Å².